The van der Waals surface area contributed by atoms with Crippen LogP contribution in [0.1, 0.15) is 28.4 Å². The first-order valence-corrected chi connectivity index (χ1v) is 8.84. The van der Waals surface area contributed by atoms with Crippen LogP contribution in [-0.4, -0.2) is 40.8 Å². The van der Waals surface area contributed by atoms with Crippen LogP contribution < -0.4 is 14.8 Å². The summed E-state index contributed by atoms with van der Waals surface area (Å²) in [6.45, 7) is 4.03. The molecule has 8 heteroatoms. The molecule has 1 heterocycles. The number of anilines is 1. The van der Waals surface area contributed by atoms with Gasteiger partial charge < -0.3 is 14.8 Å². The molecule has 0 fully saturated rings. The molecule has 8 nitrogen and oxygen atoms in total. The van der Waals surface area contributed by atoms with Crippen LogP contribution in [0.5, 0.6) is 11.5 Å². The third-order valence-corrected chi connectivity index (χ3v) is 4.68. The maximum Gasteiger partial charge on any atom is 0.235 e. The van der Waals surface area contributed by atoms with Crippen LogP contribution in [0.2, 0.25) is 0 Å². The van der Waals surface area contributed by atoms with Gasteiger partial charge in [0.1, 0.15) is 17.4 Å². The first-order valence-electron chi connectivity index (χ1n) is 8.84. The molecule has 2 aromatic carbocycles. The van der Waals surface area contributed by atoms with Gasteiger partial charge >= 0.3 is 0 Å². The minimum atomic E-state index is -0.652. The molecule has 0 radical (unpaired) electrons. The Morgan fingerprint density at radius 1 is 1.11 bits per heavy atom. The Morgan fingerprint density at radius 2 is 1.93 bits per heavy atom. The zero-order chi connectivity index (χ0) is 20.1. The van der Waals surface area contributed by atoms with Crippen LogP contribution in [0.15, 0.2) is 36.4 Å². The van der Waals surface area contributed by atoms with Gasteiger partial charge in [-0.15, -0.1) is 10.2 Å². The van der Waals surface area contributed by atoms with Crippen molar-refractivity contribution in [1.29, 1.82) is 0 Å². The predicted octanol–water partition coefficient (Wildman–Crippen LogP) is 2.80. The molecule has 1 amide bonds. The van der Waals surface area contributed by atoms with E-state index < -0.39 is 5.92 Å². The third kappa shape index (κ3) is 4.28. The Balaban J connectivity index is 1.90. The highest BCUT2D eigenvalue weighted by Gasteiger charge is 2.27. The minimum Gasteiger partial charge on any atom is -0.497 e. The number of aromatic nitrogens is 4. The number of tetrazole rings is 1. The van der Waals surface area contributed by atoms with Crippen molar-refractivity contribution in [3.63, 3.8) is 0 Å². The average Bonchev–Trinajstić information content (AvgIpc) is 3.23. The van der Waals surface area contributed by atoms with E-state index in [1.807, 2.05) is 44.2 Å². The summed E-state index contributed by atoms with van der Waals surface area (Å²) in [5.41, 5.74) is 3.79. The molecule has 1 aromatic heterocycles. The number of amides is 1. The van der Waals surface area contributed by atoms with Crippen molar-refractivity contribution in [1.82, 2.24) is 20.6 Å². The van der Waals surface area contributed by atoms with Crippen molar-refractivity contribution < 1.29 is 14.3 Å². The molecule has 146 valence electrons. The molecule has 0 aliphatic heterocycles. The van der Waals surface area contributed by atoms with E-state index in [-0.39, 0.29) is 5.91 Å². The number of hydrogen-bond donors (Lipinski definition) is 2. The van der Waals surface area contributed by atoms with E-state index in [4.69, 9.17) is 9.47 Å². The second-order valence-corrected chi connectivity index (χ2v) is 6.49. The number of rotatable bonds is 7. The largest absolute Gasteiger partial charge is 0.497 e. The summed E-state index contributed by atoms with van der Waals surface area (Å²) in [5.74, 6) is 0.771. The number of H-pyrrole nitrogens is 1. The molecule has 0 spiro atoms. The van der Waals surface area contributed by atoms with Gasteiger partial charge in [-0.25, -0.2) is 0 Å². The molecule has 0 aliphatic rings. The number of aromatic amines is 1. The summed E-state index contributed by atoms with van der Waals surface area (Å²) in [4.78, 5) is 13.1. The van der Waals surface area contributed by atoms with Crippen LogP contribution in [0.4, 0.5) is 5.69 Å². The van der Waals surface area contributed by atoms with E-state index in [0.717, 1.165) is 22.4 Å². The lowest BCUT2D eigenvalue weighted by Crippen LogP contribution is -2.24. The predicted molar refractivity (Wildman–Crippen MR) is 105 cm³/mol. The molecule has 28 heavy (non-hydrogen) atoms. The monoisotopic (exact) mass is 381 g/mol. The van der Waals surface area contributed by atoms with Gasteiger partial charge in [-0.2, -0.15) is 5.21 Å². The quantitative estimate of drug-likeness (QED) is 0.652. The van der Waals surface area contributed by atoms with Gasteiger partial charge in [-0.05, 0) is 67.3 Å². The number of nitrogens with zero attached hydrogens (tertiary/aromatic N) is 3. The molecule has 0 saturated heterocycles. The summed E-state index contributed by atoms with van der Waals surface area (Å²) in [7, 11) is 3.18. The lowest BCUT2D eigenvalue weighted by atomic mass is 9.96. The third-order valence-electron chi connectivity index (χ3n) is 4.68. The zero-order valence-corrected chi connectivity index (χ0v) is 16.3. The van der Waals surface area contributed by atoms with E-state index in [2.05, 4.69) is 25.9 Å². The maximum absolute atomic E-state index is 13.1. The van der Waals surface area contributed by atoms with Crippen LogP contribution in [0.3, 0.4) is 0 Å². The van der Waals surface area contributed by atoms with Gasteiger partial charge in [-0.1, -0.05) is 11.3 Å². The SMILES string of the molecule is COc1ccc(OC)c(CC(C(=O)Nc2ccc(C)c(C)c2)c2nn[nH]n2)c1. The fourth-order valence-corrected chi connectivity index (χ4v) is 2.93. The minimum absolute atomic E-state index is 0.227. The van der Waals surface area contributed by atoms with Crippen molar-refractivity contribution in [2.24, 2.45) is 0 Å². The van der Waals surface area contributed by atoms with Crippen molar-refractivity contribution >= 4 is 11.6 Å². The number of carbonyl (C=O) groups is 1. The standard InChI is InChI=1S/C20H23N5O3/c1-12-5-6-15(9-13(12)2)21-20(26)17(19-22-24-25-23-19)11-14-10-16(27-3)7-8-18(14)28-4/h5-10,17H,11H2,1-4H3,(H,21,26)(H,22,23,24,25). The molecule has 1 atom stereocenters. The maximum atomic E-state index is 13.1. The van der Waals surface area contributed by atoms with Gasteiger partial charge in [0.15, 0.2) is 5.82 Å². The summed E-state index contributed by atoms with van der Waals surface area (Å²) in [6, 6.07) is 11.2. The number of nitrogens with one attached hydrogen (secondary N) is 2. The van der Waals surface area contributed by atoms with E-state index in [0.29, 0.717) is 23.7 Å². The van der Waals surface area contributed by atoms with Gasteiger partial charge in [0.05, 0.1) is 14.2 Å². The first-order chi connectivity index (χ1) is 13.5. The van der Waals surface area contributed by atoms with Crippen LogP contribution in [0, 0.1) is 13.8 Å². The molecular weight excluding hydrogens is 358 g/mol. The van der Waals surface area contributed by atoms with Crippen molar-refractivity contribution in [2.75, 3.05) is 19.5 Å². The van der Waals surface area contributed by atoms with E-state index in [9.17, 15) is 4.79 Å². The van der Waals surface area contributed by atoms with Gasteiger partial charge in [0.25, 0.3) is 0 Å². The topological polar surface area (TPSA) is 102 Å². The Kier molecular flexibility index (Phi) is 5.88. The Morgan fingerprint density at radius 3 is 2.57 bits per heavy atom. The summed E-state index contributed by atoms with van der Waals surface area (Å²) < 4.78 is 10.7. The highest BCUT2D eigenvalue weighted by molar-refractivity contribution is 5.95. The number of aryl methyl sites for hydroxylation is 2. The normalized spacial score (nSPS) is 11.7. The molecule has 2 N–H and O–H groups in total. The number of benzene rings is 2. The molecule has 3 aromatic rings. The molecule has 0 bridgehead atoms. The Hall–Kier alpha value is -3.42. The summed E-state index contributed by atoms with van der Waals surface area (Å²) >= 11 is 0. The van der Waals surface area contributed by atoms with E-state index in [1.165, 1.54) is 0 Å². The molecule has 0 aliphatic carbocycles. The first kappa shape index (κ1) is 19.3. The van der Waals surface area contributed by atoms with Crippen molar-refractivity contribution in [2.45, 2.75) is 26.2 Å². The fraction of sp³-hybridized carbons (Fsp3) is 0.300. The molecular formula is C20H23N5O3. The van der Waals surface area contributed by atoms with E-state index >= 15 is 0 Å². The Labute approximate surface area is 163 Å². The van der Waals surface area contributed by atoms with Crippen molar-refractivity contribution in [3.05, 3.63) is 58.9 Å². The number of methoxy groups -OCH3 is 2. The smallest absolute Gasteiger partial charge is 0.235 e. The van der Waals surface area contributed by atoms with Crippen molar-refractivity contribution in [3.8, 4) is 11.5 Å². The highest BCUT2D eigenvalue weighted by atomic mass is 16.5. The van der Waals surface area contributed by atoms with E-state index in [1.54, 1.807) is 20.3 Å². The summed E-state index contributed by atoms with van der Waals surface area (Å²) in [6.07, 6.45) is 0.330. The Bertz CT molecular complexity index is 956. The zero-order valence-electron chi connectivity index (χ0n) is 16.3. The fourth-order valence-electron chi connectivity index (χ4n) is 2.93. The van der Waals surface area contributed by atoms with Crippen LogP contribution in [0.25, 0.3) is 0 Å². The number of ether oxygens (including phenoxy) is 2. The second-order valence-electron chi connectivity index (χ2n) is 6.49. The molecule has 3 rings (SSSR count). The molecule has 1 unspecified atom stereocenters. The number of carbonyl (C=O) groups excluding carboxylic acids is 1. The second kappa shape index (κ2) is 8.51. The van der Waals surface area contributed by atoms with Gasteiger partial charge in [0.2, 0.25) is 5.91 Å². The van der Waals surface area contributed by atoms with Crippen LogP contribution in [-0.2, 0) is 11.2 Å². The lowest BCUT2D eigenvalue weighted by Gasteiger charge is -2.17. The van der Waals surface area contributed by atoms with Gasteiger partial charge in [-0.3, -0.25) is 4.79 Å². The number of hydrogen-bond acceptors (Lipinski definition) is 6. The highest BCUT2D eigenvalue weighted by Crippen LogP contribution is 2.29. The average molecular weight is 381 g/mol. The lowest BCUT2D eigenvalue weighted by molar-refractivity contribution is -0.117. The van der Waals surface area contributed by atoms with Crippen LogP contribution >= 0.6 is 0 Å². The van der Waals surface area contributed by atoms with Gasteiger partial charge in [0, 0.05) is 5.69 Å². The molecule has 0 saturated carbocycles. The summed E-state index contributed by atoms with van der Waals surface area (Å²) in [5, 5.41) is 17.0.